The summed E-state index contributed by atoms with van der Waals surface area (Å²) in [6.45, 7) is 3.95. The summed E-state index contributed by atoms with van der Waals surface area (Å²) in [7, 11) is 0. The van der Waals surface area contributed by atoms with E-state index >= 15 is 0 Å². The fraction of sp³-hybridized carbons (Fsp3) is 0.235. The molecule has 0 saturated heterocycles. The molecule has 0 bridgehead atoms. The number of rotatable bonds is 5. The number of fused-ring (bicyclic) bond motifs is 1. The Morgan fingerprint density at radius 3 is 2.79 bits per heavy atom. The smallest absolute Gasteiger partial charge is 0.355 e. The lowest BCUT2D eigenvalue weighted by molar-refractivity contribution is -0.385. The van der Waals surface area contributed by atoms with Crippen molar-refractivity contribution in [2.24, 2.45) is 0 Å². The minimum atomic E-state index is -0.486. The highest BCUT2D eigenvalue weighted by Crippen LogP contribution is 2.27. The summed E-state index contributed by atoms with van der Waals surface area (Å²) in [5, 5.41) is 11.2. The van der Waals surface area contributed by atoms with Gasteiger partial charge >= 0.3 is 5.97 Å². The van der Waals surface area contributed by atoms with Gasteiger partial charge in [-0.1, -0.05) is 18.2 Å². The lowest BCUT2D eigenvalue weighted by Crippen LogP contribution is -2.13. The van der Waals surface area contributed by atoms with Gasteiger partial charge in [0, 0.05) is 23.8 Å². The summed E-state index contributed by atoms with van der Waals surface area (Å²) < 4.78 is 12.3. The first kappa shape index (κ1) is 15.8. The minimum absolute atomic E-state index is 0.00868. The summed E-state index contributed by atoms with van der Waals surface area (Å²) in [5.74, 6) is 0.215. The topological polar surface area (TPSA) is 87.5 Å². The lowest BCUT2D eigenvalue weighted by atomic mass is 10.2. The number of hydrogen-bond acceptors (Lipinski definition) is 5. The van der Waals surface area contributed by atoms with Crippen LogP contribution in [0.3, 0.4) is 0 Å². The lowest BCUT2D eigenvalue weighted by Gasteiger charge is -2.10. The maximum absolute atomic E-state index is 12.2. The number of esters is 1. The van der Waals surface area contributed by atoms with Crippen molar-refractivity contribution in [3.8, 4) is 0 Å². The van der Waals surface area contributed by atoms with E-state index < -0.39 is 10.9 Å². The van der Waals surface area contributed by atoms with Crippen molar-refractivity contribution in [1.29, 1.82) is 0 Å². The molecule has 2 aromatic heterocycles. The third-order valence-electron chi connectivity index (χ3n) is 3.71. The van der Waals surface area contributed by atoms with Crippen LogP contribution in [-0.2, 0) is 11.3 Å². The van der Waals surface area contributed by atoms with Gasteiger partial charge in [0.15, 0.2) is 5.58 Å². The van der Waals surface area contributed by atoms with Crippen molar-refractivity contribution in [2.75, 3.05) is 6.61 Å². The van der Waals surface area contributed by atoms with Gasteiger partial charge in [-0.2, -0.15) is 0 Å². The van der Waals surface area contributed by atoms with Crippen LogP contribution in [-0.4, -0.2) is 22.1 Å². The van der Waals surface area contributed by atoms with Crippen LogP contribution >= 0.6 is 0 Å². The van der Waals surface area contributed by atoms with Crippen LogP contribution in [0.2, 0.25) is 0 Å². The fourth-order valence-electron chi connectivity index (χ4n) is 2.70. The van der Waals surface area contributed by atoms with Crippen LogP contribution in [0.5, 0.6) is 0 Å². The Morgan fingerprint density at radius 2 is 2.08 bits per heavy atom. The predicted molar refractivity (Wildman–Crippen MR) is 87.1 cm³/mol. The van der Waals surface area contributed by atoms with Crippen molar-refractivity contribution in [2.45, 2.75) is 20.4 Å². The molecule has 0 saturated carbocycles. The normalized spacial score (nSPS) is 10.9. The second kappa shape index (κ2) is 6.19. The Labute approximate surface area is 137 Å². The molecule has 3 rings (SSSR count). The Balaban J connectivity index is 2.12. The van der Waals surface area contributed by atoms with Crippen LogP contribution < -0.4 is 0 Å². The summed E-state index contributed by atoms with van der Waals surface area (Å²) >= 11 is 0. The first-order chi connectivity index (χ1) is 11.5. The molecule has 7 nitrogen and oxygen atoms in total. The standard InChI is InChI=1S/C17H16N2O5/c1-3-23-17(20)15-9-16-14(8-11(2)24-16)18(15)10-12-6-4-5-7-13(12)19(21)22/h4-9H,3,10H2,1-2H3. The van der Waals surface area contributed by atoms with E-state index in [1.54, 1.807) is 48.7 Å². The molecule has 0 aliphatic heterocycles. The summed E-state index contributed by atoms with van der Waals surface area (Å²) in [5.41, 5.74) is 2.07. The number of benzene rings is 1. The third-order valence-corrected chi connectivity index (χ3v) is 3.71. The van der Waals surface area contributed by atoms with E-state index in [4.69, 9.17) is 9.15 Å². The number of nitro groups is 1. The molecule has 0 aliphatic carbocycles. The van der Waals surface area contributed by atoms with Crippen LogP contribution in [0, 0.1) is 17.0 Å². The van der Waals surface area contributed by atoms with Crippen molar-refractivity contribution in [3.63, 3.8) is 0 Å². The maximum atomic E-state index is 12.2. The number of hydrogen-bond donors (Lipinski definition) is 0. The maximum Gasteiger partial charge on any atom is 0.355 e. The predicted octanol–water partition coefficient (Wildman–Crippen LogP) is 3.68. The molecule has 0 spiro atoms. The van der Waals surface area contributed by atoms with Gasteiger partial charge in [0.1, 0.15) is 11.5 Å². The number of aryl methyl sites for hydroxylation is 1. The molecule has 24 heavy (non-hydrogen) atoms. The zero-order valence-electron chi connectivity index (χ0n) is 13.3. The molecular weight excluding hydrogens is 312 g/mol. The second-order valence-corrected chi connectivity index (χ2v) is 5.33. The number of carbonyl (C=O) groups excluding carboxylic acids is 1. The van der Waals surface area contributed by atoms with Gasteiger partial charge in [0.25, 0.3) is 5.69 Å². The van der Waals surface area contributed by atoms with Gasteiger partial charge < -0.3 is 13.7 Å². The molecular formula is C17H16N2O5. The minimum Gasteiger partial charge on any atom is -0.461 e. The highest BCUT2D eigenvalue weighted by molar-refractivity contribution is 5.94. The average molecular weight is 328 g/mol. The monoisotopic (exact) mass is 328 g/mol. The molecule has 1 aromatic carbocycles. The van der Waals surface area contributed by atoms with Crippen LogP contribution in [0.25, 0.3) is 11.1 Å². The van der Waals surface area contributed by atoms with Crippen molar-refractivity contribution in [3.05, 3.63) is 63.5 Å². The number of para-hydroxylation sites is 1. The number of nitrogens with zero attached hydrogens (tertiary/aromatic N) is 2. The number of nitro benzene ring substituents is 1. The summed E-state index contributed by atoms with van der Waals surface area (Å²) in [6, 6.07) is 9.86. The van der Waals surface area contributed by atoms with Gasteiger partial charge in [-0.15, -0.1) is 0 Å². The van der Waals surface area contributed by atoms with Gasteiger partial charge in [-0.05, 0) is 13.8 Å². The molecule has 0 fully saturated rings. The molecule has 0 aliphatic rings. The highest BCUT2D eigenvalue weighted by atomic mass is 16.6. The SMILES string of the molecule is CCOC(=O)c1cc2oc(C)cc2n1Cc1ccccc1[N+](=O)[O-]. The van der Waals surface area contributed by atoms with Gasteiger partial charge in [0.2, 0.25) is 0 Å². The quantitative estimate of drug-likeness (QED) is 0.405. The first-order valence-corrected chi connectivity index (χ1v) is 7.50. The summed E-state index contributed by atoms with van der Waals surface area (Å²) in [4.78, 5) is 23.0. The number of furan rings is 1. The van der Waals surface area contributed by atoms with E-state index in [0.29, 0.717) is 28.1 Å². The molecule has 0 unspecified atom stereocenters. The Morgan fingerprint density at radius 1 is 1.33 bits per heavy atom. The molecule has 2 heterocycles. The second-order valence-electron chi connectivity index (χ2n) is 5.33. The number of aromatic nitrogens is 1. The van der Waals surface area contributed by atoms with Crippen LogP contribution in [0.1, 0.15) is 28.7 Å². The first-order valence-electron chi connectivity index (χ1n) is 7.50. The van der Waals surface area contributed by atoms with E-state index in [1.807, 2.05) is 0 Å². The van der Waals surface area contributed by atoms with Crippen LogP contribution in [0.4, 0.5) is 5.69 Å². The molecule has 124 valence electrons. The average Bonchev–Trinajstić information content (AvgIpc) is 3.05. The number of ether oxygens (including phenoxy) is 1. The third kappa shape index (κ3) is 2.76. The van der Waals surface area contributed by atoms with E-state index in [0.717, 1.165) is 0 Å². The fourth-order valence-corrected chi connectivity index (χ4v) is 2.70. The van der Waals surface area contributed by atoms with Gasteiger partial charge in [0.05, 0.1) is 23.6 Å². The Hall–Kier alpha value is -3.09. The number of carbonyl (C=O) groups is 1. The van der Waals surface area contributed by atoms with Crippen molar-refractivity contribution >= 4 is 22.8 Å². The Bertz CT molecular complexity index is 922. The van der Waals surface area contributed by atoms with E-state index in [1.165, 1.54) is 6.07 Å². The van der Waals surface area contributed by atoms with Crippen molar-refractivity contribution < 1.29 is 18.9 Å². The zero-order valence-corrected chi connectivity index (χ0v) is 13.3. The summed E-state index contributed by atoms with van der Waals surface area (Å²) in [6.07, 6.45) is 0. The molecule has 0 amide bonds. The van der Waals surface area contributed by atoms with Crippen LogP contribution in [0.15, 0.2) is 40.8 Å². The van der Waals surface area contributed by atoms with Gasteiger partial charge in [-0.3, -0.25) is 10.1 Å². The largest absolute Gasteiger partial charge is 0.461 e. The molecule has 0 radical (unpaired) electrons. The molecule has 7 heteroatoms. The van der Waals surface area contributed by atoms with E-state index in [2.05, 4.69) is 0 Å². The van der Waals surface area contributed by atoms with E-state index in [-0.39, 0.29) is 18.8 Å². The van der Waals surface area contributed by atoms with Crippen molar-refractivity contribution in [1.82, 2.24) is 4.57 Å². The zero-order chi connectivity index (χ0) is 17.3. The van der Waals surface area contributed by atoms with E-state index in [9.17, 15) is 14.9 Å². The Kier molecular flexibility index (Phi) is 4.07. The molecule has 3 aromatic rings. The van der Waals surface area contributed by atoms with Gasteiger partial charge in [-0.25, -0.2) is 4.79 Å². The molecule has 0 N–H and O–H groups in total. The highest BCUT2D eigenvalue weighted by Gasteiger charge is 2.22. The molecule has 0 atom stereocenters.